The fourth-order valence-corrected chi connectivity index (χ4v) is 0.779. The monoisotopic (exact) mass is 228 g/mol. The Labute approximate surface area is 88.0 Å². The topological polar surface area (TPSA) is 163 Å². The summed E-state index contributed by atoms with van der Waals surface area (Å²) in [6, 6.07) is 0. The number of aromatic amines is 1. The molecule has 0 radical (unpaired) electrons. The molecule has 0 fully saturated rings. The Kier molecular flexibility index (Phi) is 3.45. The van der Waals surface area contributed by atoms with Crippen LogP contribution < -0.4 is 10.3 Å². The molecule has 0 saturated heterocycles. The molecule has 4 N–H and O–H groups in total. The average molecular weight is 228 g/mol. The lowest BCUT2D eigenvalue weighted by Gasteiger charge is -1.87. The second-order valence-electron chi connectivity index (χ2n) is 2.51. The third kappa shape index (κ3) is 2.27. The summed E-state index contributed by atoms with van der Waals surface area (Å²) in [5, 5.41) is 30.7. The predicted octanol–water partition coefficient (Wildman–Crippen LogP) is -2.25. The molecule has 0 atom stereocenters. The molecule has 0 amide bonds. The van der Waals surface area contributed by atoms with Gasteiger partial charge in [-0.05, 0) is 10.1 Å². The Hall–Kier alpha value is -2.56. The summed E-state index contributed by atoms with van der Waals surface area (Å²) in [5.41, 5.74) is 3.10. The van der Waals surface area contributed by atoms with Crippen molar-refractivity contribution in [3.8, 4) is 0 Å². The Morgan fingerprint density at radius 1 is 1.62 bits per heavy atom. The second-order valence-corrected chi connectivity index (χ2v) is 2.51. The number of aromatic nitrogens is 6. The molecule has 0 spiro atoms. The number of hydrogen-bond acceptors (Lipinski definition) is 8. The van der Waals surface area contributed by atoms with E-state index in [2.05, 4.69) is 40.9 Å². The first-order valence-electron chi connectivity index (χ1n) is 3.86. The van der Waals surface area contributed by atoms with Crippen LogP contribution in [0.25, 0.3) is 0 Å². The van der Waals surface area contributed by atoms with E-state index in [1.54, 1.807) is 6.92 Å². The van der Waals surface area contributed by atoms with Crippen LogP contribution >= 0.6 is 0 Å². The normalized spacial score (nSPS) is 10.3. The minimum Gasteiger partial charge on any atom is -0.412 e. The zero-order valence-corrected chi connectivity index (χ0v) is 8.08. The summed E-state index contributed by atoms with van der Waals surface area (Å²) in [4.78, 5) is 0.287. The van der Waals surface area contributed by atoms with E-state index in [0.29, 0.717) is 11.4 Å². The lowest BCUT2D eigenvalue weighted by atomic mass is 10.4. The van der Waals surface area contributed by atoms with Gasteiger partial charge in [-0.15, -0.1) is 5.10 Å². The van der Waals surface area contributed by atoms with Gasteiger partial charge in [0.1, 0.15) is 6.21 Å². The van der Waals surface area contributed by atoms with Crippen molar-refractivity contribution in [3.05, 3.63) is 16.6 Å². The summed E-state index contributed by atoms with van der Waals surface area (Å²) in [6.07, 6.45) is 1.31. The van der Waals surface area contributed by atoms with Crippen LogP contribution in [0.15, 0.2) is 9.73 Å². The lowest BCUT2D eigenvalue weighted by Crippen LogP contribution is -2.26. The van der Waals surface area contributed by atoms with Gasteiger partial charge in [-0.2, -0.15) is 10.3 Å². The maximum Gasteiger partial charge on any atom is 0.283 e. The number of tetrazole rings is 1. The van der Waals surface area contributed by atoms with Crippen molar-refractivity contribution >= 4 is 12.2 Å². The van der Waals surface area contributed by atoms with Crippen molar-refractivity contribution in [2.24, 2.45) is 5.10 Å². The quantitative estimate of drug-likeness (QED) is 0.340. The molecule has 0 aliphatic rings. The standard InChI is InChI=1S/C5H6N8O2.H2O/c1-3-4(10-15-13(3)14)2-6-7-5-8-11-12-9-5;/h2H,1H3,(H2,7,8,9,11,12);1H2/b6-2+;. The smallest absolute Gasteiger partial charge is 0.283 e. The fourth-order valence-electron chi connectivity index (χ4n) is 0.779. The number of rotatable bonds is 3. The average Bonchev–Trinajstić information content (AvgIpc) is 2.83. The third-order valence-electron chi connectivity index (χ3n) is 1.55. The van der Waals surface area contributed by atoms with Crippen LogP contribution in [-0.2, 0) is 0 Å². The Morgan fingerprint density at radius 2 is 2.44 bits per heavy atom. The summed E-state index contributed by atoms with van der Waals surface area (Å²) < 4.78 is 4.33. The van der Waals surface area contributed by atoms with Crippen LogP contribution in [0, 0.1) is 12.1 Å². The highest BCUT2D eigenvalue weighted by Gasteiger charge is 2.10. The van der Waals surface area contributed by atoms with Crippen molar-refractivity contribution in [2.45, 2.75) is 6.92 Å². The van der Waals surface area contributed by atoms with Gasteiger partial charge in [0.05, 0.1) is 0 Å². The molecule has 11 nitrogen and oxygen atoms in total. The van der Waals surface area contributed by atoms with Crippen molar-refractivity contribution in [1.82, 2.24) is 25.8 Å². The molecule has 0 unspecified atom stereocenters. The number of hydrogen-bond donors (Lipinski definition) is 2. The highest BCUT2D eigenvalue weighted by molar-refractivity contribution is 5.77. The highest BCUT2D eigenvalue weighted by atomic mass is 16.8. The van der Waals surface area contributed by atoms with E-state index in [1.807, 2.05) is 0 Å². The zero-order chi connectivity index (χ0) is 10.7. The van der Waals surface area contributed by atoms with E-state index in [4.69, 9.17) is 0 Å². The lowest BCUT2D eigenvalue weighted by molar-refractivity contribution is -0.806. The van der Waals surface area contributed by atoms with Gasteiger partial charge in [0.2, 0.25) is 5.69 Å². The van der Waals surface area contributed by atoms with E-state index >= 15 is 0 Å². The molecule has 0 bridgehead atoms. The van der Waals surface area contributed by atoms with E-state index < -0.39 is 0 Å². The number of anilines is 1. The van der Waals surface area contributed by atoms with E-state index in [1.165, 1.54) is 6.21 Å². The SMILES string of the molecule is Cc1c(/C=N/Nc2nn[nH]n2)no[n+]1[O-].O. The molecule has 2 heterocycles. The molecule has 0 aromatic carbocycles. The molecular weight excluding hydrogens is 220 g/mol. The molecule has 2 aromatic heterocycles. The largest absolute Gasteiger partial charge is 0.412 e. The summed E-state index contributed by atoms with van der Waals surface area (Å²) in [6.45, 7) is 1.55. The minimum absolute atomic E-state index is 0. The van der Waals surface area contributed by atoms with Crippen LogP contribution in [0.2, 0.25) is 0 Å². The Morgan fingerprint density at radius 3 is 3.00 bits per heavy atom. The van der Waals surface area contributed by atoms with E-state index in [9.17, 15) is 5.21 Å². The molecule has 16 heavy (non-hydrogen) atoms. The molecule has 2 rings (SSSR count). The molecule has 0 saturated carbocycles. The van der Waals surface area contributed by atoms with Gasteiger partial charge in [0, 0.05) is 12.1 Å². The minimum atomic E-state index is 0. The molecule has 0 aliphatic carbocycles. The van der Waals surface area contributed by atoms with Gasteiger partial charge < -0.3 is 10.7 Å². The van der Waals surface area contributed by atoms with Crippen LogP contribution in [0.5, 0.6) is 0 Å². The number of hydrazone groups is 1. The van der Waals surface area contributed by atoms with Crippen LogP contribution in [0.1, 0.15) is 11.4 Å². The molecule has 0 aliphatic heterocycles. The second kappa shape index (κ2) is 4.79. The van der Waals surface area contributed by atoms with Gasteiger partial charge in [-0.1, -0.05) is 5.10 Å². The third-order valence-corrected chi connectivity index (χ3v) is 1.55. The van der Waals surface area contributed by atoms with Crippen LogP contribution in [0.4, 0.5) is 5.95 Å². The molecule has 2 aromatic rings. The van der Waals surface area contributed by atoms with Crippen molar-refractivity contribution in [2.75, 3.05) is 5.43 Å². The Bertz CT molecular complexity index is 462. The predicted molar refractivity (Wildman–Crippen MR) is 49.2 cm³/mol. The zero-order valence-electron chi connectivity index (χ0n) is 8.08. The van der Waals surface area contributed by atoms with Gasteiger partial charge in [0.25, 0.3) is 11.6 Å². The first-order chi connectivity index (χ1) is 7.27. The molecule has 11 heteroatoms. The van der Waals surface area contributed by atoms with Crippen molar-refractivity contribution in [3.63, 3.8) is 0 Å². The van der Waals surface area contributed by atoms with Gasteiger partial charge in [-0.3, -0.25) is 4.63 Å². The van der Waals surface area contributed by atoms with Gasteiger partial charge in [-0.25, -0.2) is 5.43 Å². The number of nitrogens with zero attached hydrogens (tertiary/aromatic N) is 6. The van der Waals surface area contributed by atoms with E-state index in [0.717, 1.165) is 0 Å². The maximum absolute atomic E-state index is 10.8. The first kappa shape index (κ1) is 11.5. The maximum atomic E-state index is 10.8. The first-order valence-corrected chi connectivity index (χ1v) is 3.86. The van der Waals surface area contributed by atoms with Crippen molar-refractivity contribution < 1.29 is 15.0 Å². The number of H-pyrrole nitrogens is 1. The summed E-state index contributed by atoms with van der Waals surface area (Å²) in [5.74, 6) is 0.211. The Balaban J connectivity index is 0.00000128. The molecule has 86 valence electrons. The fraction of sp³-hybridized carbons (Fsp3) is 0.200. The van der Waals surface area contributed by atoms with Crippen LogP contribution in [0.3, 0.4) is 0 Å². The van der Waals surface area contributed by atoms with E-state index in [-0.39, 0.29) is 16.3 Å². The molecular formula is C5H8N8O3. The van der Waals surface area contributed by atoms with Gasteiger partial charge >= 0.3 is 0 Å². The number of nitrogens with one attached hydrogen (secondary N) is 2. The summed E-state index contributed by atoms with van der Waals surface area (Å²) >= 11 is 0. The summed E-state index contributed by atoms with van der Waals surface area (Å²) in [7, 11) is 0. The van der Waals surface area contributed by atoms with Crippen LogP contribution in [-0.4, -0.2) is 37.5 Å². The highest BCUT2D eigenvalue weighted by Crippen LogP contribution is 1.95. The van der Waals surface area contributed by atoms with Gasteiger partial charge in [0.15, 0.2) is 0 Å². The van der Waals surface area contributed by atoms with Crippen molar-refractivity contribution in [1.29, 1.82) is 0 Å².